The Labute approximate surface area is 152 Å². The first-order valence-electron chi connectivity index (χ1n) is 7.55. The highest BCUT2D eigenvalue weighted by atomic mass is 19.3. The van der Waals surface area contributed by atoms with Crippen LogP contribution in [0.1, 0.15) is 5.56 Å². The minimum absolute atomic E-state index is 0.00842. The molecular weight excluding hydrogens is 396 g/mol. The van der Waals surface area contributed by atoms with Gasteiger partial charge in [-0.25, -0.2) is 26.3 Å². The SMILES string of the molecule is Fc1ccc(-c2c(F)cc(OC(F)(F)c3c(F)cc(F)cc3F)cc2F)cc1. The van der Waals surface area contributed by atoms with Crippen LogP contribution in [0.2, 0.25) is 0 Å². The Balaban J connectivity index is 1.98. The lowest BCUT2D eigenvalue weighted by molar-refractivity contribution is -0.189. The zero-order valence-corrected chi connectivity index (χ0v) is 13.6. The number of hydrogen-bond donors (Lipinski definition) is 0. The molecule has 3 aromatic carbocycles. The Morgan fingerprint density at radius 1 is 0.607 bits per heavy atom. The van der Waals surface area contributed by atoms with Gasteiger partial charge in [-0.3, -0.25) is 0 Å². The van der Waals surface area contributed by atoms with Crippen LogP contribution in [-0.2, 0) is 6.11 Å². The highest BCUT2D eigenvalue weighted by molar-refractivity contribution is 5.65. The van der Waals surface area contributed by atoms with Gasteiger partial charge in [0.05, 0.1) is 5.56 Å². The third kappa shape index (κ3) is 3.78. The second kappa shape index (κ2) is 7.14. The van der Waals surface area contributed by atoms with Gasteiger partial charge in [-0.05, 0) is 17.7 Å². The largest absolute Gasteiger partial charge is 0.432 e. The Bertz CT molecular complexity index is 985. The van der Waals surface area contributed by atoms with Crippen molar-refractivity contribution >= 4 is 0 Å². The van der Waals surface area contributed by atoms with E-state index in [2.05, 4.69) is 4.74 Å². The van der Waals surface area contributed by atoms with Crippen LogP contribution < -0.4 is 4.74 Å². The normalized spacial score (nSPS) is 11.6. The van der Waals surface area contributed by atoms with Crippen LogP contribution in [0.15, 0.2) is 48.5 Å². The van der Waals surface area contributed by atoms with Crippen LogP contribution in [0.3, 0.4) is 0 Å². The molecule has 0 radical (unpaired) electrons. The van der Waals surface area contributed by atoms with E-state index in [9.17, 15) is 35.1 Å². The summed E-state index contributed by atoms with van der Waals surface area (Å²) in [5, 5.41) is 0. The maximum absolute atomic E-state index is 14.2. The number of ether oxygens (including phenoxy) is 1. The predicted molar refractivity (Wildman–Crippen MR) is 82.6 cm³/mol. The molecule has 0 amide bonds. The molecule has 1 nitrogen and oxygen atoms in total. The fraction of sp³-hybridized carbons (Fsp3) is 0.0526. The van der Waals surface area contributed by atoms with Crippen LogP contribution in [0.4, 0.5) is 35.1 Å². The van der Waals surface area contributed by atoms with E-state index in [0.29, 0.717) is 12.1 Å². The summed E-state index contributed by atoms with van der Waals surface area (Å²) in [6, 6.07) is 4.76. The van der Waals surface area contributed by atoms with Gasteiger partial charge in [0.2, 0.25) is 0 Å². The summed E-state index contributed by atoms with van der Waals surface area (Å²) in [7, 11) is 0. The lowest BCUT2D eigenvalue weighted by atomic mass is 10.0. The molecule has 0 fully saturated rings. The maximum atomic E-state index is 14.2. The van der Waals surface area contributed by atoms with Crippen LogP contribution in [0, 0.1) is 34.9 Å². The van der Waals surface area contributed by atoms with Gasteiger partial charge >= 0.3 is 6.11 Å². The standard InChI is InChI=1S/C19H8F8O/c20-10-3-1-9(2-4-10)17-13(22)7-12(8-14(17)23)28-19(26,27)18-15(24)5-11(21)6-16(18)25/h1-8H. The Morgan fingerprint density at radius 2 is 1.11 bits per heavy atom. The number of rotatable bonds is 4. The Morgan fingerprint density at radius 3 is 1.61 bits per heavy atom. The third-order valence-corrected chi connectivity index (χ3v) is 3.69. The van der Waals surface area contributed by atoms with Gasteiger partial charge in [0, 0.05) is 24.3 Å². The number of halogens is 8. The molecule has 0 heterocycles. The van der Waals surface area contributed by atoms with Crippen LogP contribution in [0.5, 0.6) is 5.75 Å². The summed E-state index contributed by atoms with van der Waals surface area (Å²) in [6.45, 7) is 0. The molecule has 0 spiro atoms. The predicted octanol–water partition coefficient (Wildman–Crippen LogP) is 6.32. The van der Waals surface area contributed by atoms with Crippen molar-refractivity contribution < 1.29 is 39.9 Å². The van der Waals surface area contributed by atoms with Crippen molar-refractivity contribution in [2.75, 3.05) is 0 Å². The molecule has 0 N–H and O–H groups in total. The Hall–Kier alpha value is -3.10. The van der Waals surface area contributed by atoms with E-state index >= 15 is 0 Å². The topological polar surface area (TPSA) is 9.23 Å². The molecule has 3 aromatic rings. The molecule has 28 heavy (non-hydrogen) atoms. The summed E-state index contributed by atoms with van der Waals surface area (Å²) in [4.78, 5) is 0. The van der Waals surface area contributed by atoms with E-state index in [4.69, 9.17) is 0 Å². The maximum Gasteiger partial charge on any atom is 0.432 e. The first kappa shape index (κ1) is 19.7. The number of hydrogen-bond acceptors (Lipinski definition) is 1. The van der Waals surface area contributed by atoms with E-state index < -0.39 is 57.9 Å². The van der Waals surface area contributed by atoms with Gasteiger partial charge < -0.3 is 4.74 Å². The fourth-order valence-corrected chi connectivity index (χ4v) is 2.52. The zero-order valence-electron chi connectivity index (χ0n) is 13.6. The minimum Gasteiger partial charge on any atom is -0.429 e. The second-order valence-electron chi connectivity index (χ2n) is 5.63. The Kier molecular flexibility index (Phi) is 5.01. The van der Waals surface area contributed by atoms with Gasteiger partial charge in [0.15, 0.2) is 0 Å². The van der Waals surface area contributed by atoms with E-state index in [1.807, 2.05) is 0 Å². The van der Waals surface area contributed by atoms with Gasteiger partial charge in [-0.2, -0.15) is 8.78 Å². The molecule has 9 heteroatoms. The molecule has 0 aliphatic carbocycles. The van der Waals surface area contributed by atoms with Crippen molar-refractivity contribution in [1.82, 2.24) is 0 Å². The molecule has 3 rings (SSSR count). The monoisotopic (exact) mass is 404 g/mol. The van der Waals surface area contributed by atoms with Crippen LogP contribution >= 0.6 is 0 Å². The van der Waals surface area contributed by atoms with Crippen molar-refractivity contribution in [2.45, 2.75) is 6.11 Å². The average molecular weight is 404 g/mol. The van der Waals surface area contributed by atoms with Crippen molar-refractivity contribution in [2.24, 2.45) is 0 Å². The van der Waals surface area contributed by atoms with E-state index in [-0.39, 0.29) is 17.7 Å². The van der Waals surface area contributed by atoms with Crippen molar-refractivity contribution in [3.63, 3.8) is 0 Å². The summed E-state index contributed by atoms with van der Waals surface area (Å²) >= 11 is 0. The second-order valence-corrected chi connectivity index (χ2v) is 5.63. The molecule has 0 bridgehead atoms. The molecule has 0 aliphatic heterocycles. The van der Waals surface area contributed by atoms with Gasteiger partial charge in [0.1, 0.15) is 46.2 Å². The summed E-state index contributed by atoms with van der Waals surface area (Å²) in [5.74, 6) is -9.72. The summed E-state index contributed by atoms with van der Waals surface area (Å²) < 4.78 is 114. The van der Waals surface area contributed by atoms with Gasteiger partial charge in [-0.1, -0.05) is 12.1 Å². The average Bonchev–Trinajstić information content (AvgIpc) is 2.54. The van der Waals surface area contributed by atoms with Gasteiger partial charge in [0.25, 0.3) is 0 Å². The molecular formula is C19H8F8O. The van der Waals surface area contributed by atoms with Crippen LogP contribution in [-0.4, -0.2) is 0 Å². The third-order valence-electron chi connectivity index (χ3n) is 3.69. The van der Waals surface area contributed by atoms with Crippen molar-refractivity contribution in [1.29, 1.82) is 0 Å². The molecule has 0 saturated heterocycles. The molecule has 0 saturated carbocycles. The quantitative estimate of drug-likeness (QED) is 0.463. The molecule has 146 valence electrons. The molecule has 0 atom stereocenters. The highest BCUT2D eigenvalue weighted by Crippen LogP contribution is 2.37. The lowest BCUT2D eigenvalue weighted by Gasteiger charge is -2.20. The molecule has 0 unspecified atom stereocenters. The smallest absolute Gasteiger partial charge is 0.429 e. The fourth-order valence-electron chi connectivity index (χ4n) is 2.52. The zero-order chi connectivity index (χ0) is 20.6. The first-order valence-corrected chi connectivity index (χ1v) is 7.55. The minimum atomic E-state index is -4.70. The highest BCUT2D eigenvalue weighted by Gasteiger charge is 2.41. The molecule has 0 aliphatic rings. The first-order chi connectivity index (χ1) is 13.1. The van der Waals surface area contributed by atoms with Gasteiger partial charge in [-0.15, -0.1) is 0 Å². The van der Waals surface area contributed by atoms with E-state index in [1.165, 1.54) is 0 Å². The number of alkyl halides is 2. The summed E-state index contributed by atoms with van der Waals surface area (Å²) in [5.41, 5.74) is -2.64. The lowest BCUT2D eigenvalue weighted by Crippen LogP contribution is -2.25. The van der Waals surface area contributed by atoms with E-state index in [0.717, 1.165) is 24.3 Å². The number of benzene rings is 3. The van der Waals surface area contributed by atoms with E-state index in [1.54, 1.807) is 0 Å². The molecule has 0 aromatic heterocycles. The van der Waals surface area contributed by atoms with Crippen molar-refractivity contribution in [3.05, 3.63) is 89.0 Å². The summed E-state index contributed by atoms with van der Waals surface area (Å²) in [6.07, 6.45) is -4.70. The van der Waals surface area contributed by atoms with Crippen LogP contribution in [0.25, 0.3) is 11.1 Å². The van der Waals surface area contributed by atoms with Crippen molar-refractivity contribution in [3.8, 4) is 16.9 Å².